The molecule has 3 nitrogen and oxygen atoms in total. The minimum Gasteiger partial charge on any atom is -0.328 e. The highest BCUT2D eigenvalue weighted by molar-refractivity contribution is 6.67. The fraction of sp³-hybridized carbons (Fsp3) is 0.400. The van der Waals surface area contributed by atoms with Gasteiger partial charge < -0.3 is 4.98 Å². The third-order valence-electron chi connectivity index (χ3n) is 2.61. The van der Waals surface area contributed by atoms with Gasteiger partial charge in [0.15, 0.2) is 0 Å². The van der Waals surface area contributed by atoms with E-state index in [1.165, 1.54) is 0 Å². The first-order valence-electron chi connectivity index (χ1n) is 4.63. The molecule has 0 fully saturated rings. The number of H-pyrrole nitrogens is 1. The lowest BCUT2D eigenvalue weighted by Gasteiger charge is -2.16. The summed E-state index contributed by atoms with van der Waals surface area (Å²) in [6.45, 7) is 0. The van der Waals surface area contributed by atoms with Crippen LogP contribution >= 0.6 is 11.6 Å². The van der Waals surface area contributed by atoms with Gasteiger partial charge in [-0.2, -0.15) is 0 Å². The number of rotatable bonds is 1. The minimum atomic E-state index is -0.648. The summed E-state index contributed by atoms with van der Waals surface area (Å²) in [5.74, 6) is 0. The predicted octanol–water partition coefficient (Wildman–Crippen LogP) is 1.63. The van der Waals surface area contributed by atoms with Crippen LogP contribution in [0.5, 0.6) is 0 Å². The van der Waals surface area contributed by atoms with Gasteiger partial charge in [0.05, 0.1) is 0 Å². The molecule has 1 N–H and O–H groups in total. The Morgan fingerprint density at radius 1 is 1.36 bits per heavy atom. The zero-order valence-electron chi connectivity index (χ0n) is 7.60. The van der Waals surface area contributed by atoms with E-state index >= 15 is 0 Å². The second-order valence-corrected chi connectivity index (χ2v) is 3.82. The molecule has 0 aromatic carbocycles. The zero-order valence-corrected chi connectivity index (χ0v) is 8.36. The summed E-state index contributed by atoms with van der Waals surface area (Å²) in [6.07, 6.45) is 5.53. The monoisotopic (exact) mass is 211 g/mol. The number of aromatic nitrogens is 1. The molecule has 0 radical (unpaired) electrons. The molecule has 4 heteroatoms. The van der Waals surface area contributed by atoms with Crippen LogP contribution in [0.15, 0.2) is 11.0 Å². The van der Waals surface area contributed by atoms with Crippen molar-refractivity contribution in [3.05, 3.63) is 33.2 Å². The quantitative estimate of drug-likeness (QED) is 0.718. The lowest BCUT2D eigenvalue weighted by atomic mass is 9.90. The van der Waals surface area contributed by atoms with Gasteiger partial charge in [-0.1, -0.05) is 0 Å². The first kappa shape index (κ1) is 9.46. The molecule has 0 saturated carbocycles. The van der Waals surface area contributed by atoms with Gasteiger partial charge in [0.1, 0.15) is 5.56 Å². The van der Waals surface area contributed by atoms with Crippen LogP contribution in [0.3, 0.4) is 0 Å². The van der Waals surface area contributed by atoms with Crippen LogP contribution in [0.1, 0.15) is 34.3 Å². The van der Waals surface area contributed by atoms with Gasteiger partial charge in [0.25, 0.3) is 10.8 Å². The Hall–Kier alpha value is -1.09. The average molecular weight is 212 g/mol. The fourth-order valence-electron chi connectivity index (χ4n) is 1.94. The van der Waals surface area contributed by atoms with Crippen molar-refractivity contribution in [1.29, 1.82) is 0 Å². The maximum atomic E-state index is 11.4. The topological polar surface area (TPSA) is 49.9 Å². The summed E-state index contributed by atoms with van der Waals surface area (Å²) in [5.41, 5.74) is 1.68. The van der Waals surface area contributed by atoms with Crippen molar-refractivity contribution in [1.82, 2.24) is 4.98 Å². The summed E-state index contributed by atoms with van der Waals surface area (Å²) in [6, 6.07) is 0. The van der Waals surface area contributed by atoms with Crippen molar-refractivity contribution >= 4 is 16.8 Å². The van der Waals surface area contributed by atoms with E-state index in [1.807, 2.05) is 0 Å². The standard InChI is InChI=1S/C10H10ClNO2/c11-9(13)8-7-4-2-1-3-6(7)5-12-10(8)14/h5H,1-4H2,(H,12,14). The Labute approximate surface area is 86.1 Å². The number of carbonyl (C=O) groups is 1. The number of aromatic amines is 1. The highest BCUT2D eigenvalue weighted by atomic mass is 35.5. The molecule has 0 spiro atoms. The third-order valence-corrected chi connectivity index (χ3v) is 2.80. The Bertz CT molecular complexity index is 436. The molecule has 0 bridgehead atoms. The minimum absolute atomic E-state index is 0.142. The van der Waals surface area contributed by atoms with Crippen LogP contribution < -0.4 is 5.56 Å². The Kier molecular flexibility index (Phi) is 2.42. The highest BCUT2D eigenvalue weighted by Gasteiger charge is 2.19. The molecular weight excluding hydrogens is 202 g/mol. The summed E-state index contributed by atoms with van der Waals surface area (Å²) in [7, 11) is 0. The van der Waals surface area contributed by atoms with Crippen molar-refractivity contribution in [2.24, 2.45) is 0 Å². The lowest BCUT2D eigenvalue weighted by molar-refractivity contribution is 0.107. The molecule has 0 aliphatic heterocycles. The fourth-order valence-corrected chi connectivity index (χ4v) is 2.14. The van der Waals surface area contributed by atoms with Gasteiger partial charge in [-0.3, -0.25) is 9.59 Å². The molecule has 0 atom stereocenters. The van der Waals surface area contributed by atoms with Gasteiger partial charge in [0, 0.05) is 6.20 Å². The maximum absolute atomic E-state index is 11.4. The number of fused-ring (bicyclic) bond motifs is 1. The van der Waals surface area contributed by atoms with E-state index in [1.54, 1.807) is 6.20 Å². The smallest absolute Gasteiger partial charge is 0.260 e. The summed E-state index contributed by atoms with van der Waals surface area (Å²) < 4.78 is 0. The van der Waals surface area contributed by atoms with E-state index < -0.39 is 5.24 Å². The number of hydrogen-bond acceptors (Lipinski definition) is 2. The zero-order chi connectivity index (χ0) is 10.1. The van der Waals surface area contributed by atoms with Crippen molar-refractivity contribution in [3.8, 4) is 0 Å². The molecule has 1 aromatic heterocycles. The van der Waals surface area contributed by atoms with Gasteiger partial charge in [-0.25, -0.2) is 0 Å². The highest BCUT2D eigenvalue weighted by Crippen LogP contribution is 2.22. The van der Waals surface area contributed by atoms with Crippen LogP contribution in [0, 0.1) is 0 Å². The van der Waals surface area contributed by atoms with Crippen molar-refractivity contribution in [2.45, 2.75) is 25.7 Å². The van der Waals surface area contributed by atoms with Crippen molar-refractivity contribution < 1.29 is 4.79 Å². The largest absolute Gasteiger partial charge is 0.328 e. The first-order valence-corrected chi connectivity index (χ1v) is 5.01. The van der Waals surface area contributed by atoms with E-state index in [0.717, 1.165) is 36.8 Å². The SMILES string of the molecule is O=C(Cl)c1c2c(c[nH]c1=O)CCCC2. The second-order valence-electron chi connectivity index (χ2n) is 3.48. The Morgan fingerprint density at radius 3 is 2.79 bits per heavy atom. The summed E-state index contributed by atoms with van der Waals surface area (Å²) in [4.78, 5) is 25.0. The molecule has 14 heavy (non-hydrogen) atoms. The molecule has 74 valence electrons. The van der Waals surface area contributed by atoms with Crippen LogP contribution in [0.25, 0.3) is 0 Å². The Morgan fingerprint density at radius 2 is 2.07 bits per heavy atom. The van der Waals surface area contributed by atoms with E-state index in [9.17, 15) is 9.59 Å². The molecule has 0 unspecified atom stereocenters. The number of nitrogens with one attached hydrogen (secondary N) is 1. The predicted molar refractivity (Wildman–Crippen MR) is 53.9 cm³/mol. The summed E-state index contributed by atoms with van der Waals surface area (Å²) >= 11 is 5.39. The van der Waals surface area contributed by atoms with Crippen LogP contribution in [0.4, 0.5) is 0 Å². The number of aryl methyl sites for hydroxylation is 1. The number of pyridine rings is 1. The normalized spacial score (nSPS) is 14.9. The van der Waals surface area contributed by atoms with Gasteiger partial charge in [-0.15, -0.1) is 0 Å². The van der Waals surface area contributed by atoms with Gasteiger partial charge in [-0.05, 0) is 48.4 Å². The van der Waals surface area contributed by atoms with Crippen molar-refractivity contribution in [3.63, 3.8) is 0 Å². The molecular formula is C10H10ClNO2. The van der Waals surface area contributed by atoms with Gasteiger partial charge in [0.2, 0.25) is 0 Å². The van der Waals surface area contributed by atoms with E-state index in [0.29, 0.717) is 0 Å². The van der Waals surface area contributed by atoms with Crippen molar-refractivity contribution in [2.75, 3.05) is 0 Å². The molecule has 2 rings (SSSR count). The van der Waals surface area contributed by atoms with Crippen LogP contribution in [-0.2, 0) is 12.8 Å². The molecule has 1 aromatic rings. The maximum Gasteiger partial charge on any atom is 0.260 e. The average Bonchev–Trinajstić information content (AvgIpc) is 2.17. The summed E-state index contributed by atoms with van der Waals surface area (Å²) in [5, 5.41) is -0.648. The molecule has 0 amide bonds. The van der Waals surface area contributed by atoms with E-state index in [4.69, 9.17) is 11.6 Å². The van der Waals surface area contributed by atoms with Crippen LogP contribution in [0.2, 0.25) is 0 Å². The van der Waals surface area contributed by atoms with Gasteiger partial charge >= 0.3 is 0 Å². The lowest BCUT2D eigenvalue weighted by Crippen LogP contribution is -2.21. The molecule has 1 aliphatic carbocycles. The number of hydrogen-bond donors (Lipinski definition) is 1. The number of halogens is 1. The Balaban J connectivity index is 2.67. The number of carbonyl (C=O) groups excluding carboxylic acids is 1. The van der Waals surface area contributed by atoms with E-state index in [2.05, 4.69) is 4.98 Å². The first-order chi connectivity index (χ1) is 6.70. The van der Waals surface area contributed by atoms with Crippen LogP contribution in [-0.4, -0.2) is 10.2 Å². The second kappa shape index (κ2) is 3.58. The molecule has 1 aliphatic rings. The van der Waals surface area contributed by atoms with E-state index in [-0.39, 0.29) is 11.1 Å². The third kappa shape index (κ3) is 1.48. The molecule has 0 saturated heterocycles. The molecule has 1 heterocycles.